The van der Waals surface area contributed by atoms with Gasteiger partial charge < -0.3 is 15.2 Å². The van der Waals surface area contributed by atoms with Gasteiger partial charge in [0, 0.05) is 25.0 Å². The predicted molar refractivity (Wildman–Crippen MR) is 70.0 cm³/mol. The molecule has 1 aliphatic rings. The van der Waals surface area contributed by atoms with Gasteiger partial charge in [0.1, 0.15) is 0 Å². The fraction of sp³-hybridized carbons (Fsp3) is 0.769. The summed E-state index contributed by atoms with van der Waals surface area (Å²) in [5, 5.41) is 7.12. The van der Waals surface area contributed by atoms with Gasteiger partial charge in [-0.2, -0.15) is 0 Å². The Kier molecular flexibility index (Phi) is 5.52. The third kappa shape index (κ3) is 4.88. The lowest BCUT2D eigenvalue weighted by Gasteiger charge is -2.15. The first kappa shape index (κ1) is 12.6. The zero-order valence-electron chi connectivity index (χ0n) is 10.6. The maximum Gasteiger partial charge on any atom is 0.0945 e. The Morgan fingerprint density at radius 3 is 3.18 bits per heavy atom. The van der Waals surface area contributed by atoms with E-state index in [2.05, 4.69) is 20.2 Å². The largest absolute Gasteiger partial charge is 0.337 e. The second-order valence-electron chi connectivity index (χ2n) is 4.84. The van der Waals surface area contributed by atoms with Gasteiger partial charge in [0.05, 0.1) is 6.33 Å². The van der Waals surface area contributed by atoms with E-state index in [0.717, 1.165) is 19.1 Å². The molecule has 4 heteroatoms. The van der Waals surface area contributed by atoms with Crippen molar-refractivity contribution in [2.45, 2.75) is 44.7 Å². The monoisotopic (exact) mass is 236 g/mol. The summed E-state index contributed by atoms with van der Waals surface area (Å²) in [7, 11) is 0. The molecular weight excluding hydrogens is 212 g/mol. The smallest absolute Gasteiger partial charge is 0.0945 e. The van der Waals surface area contributed by atoms with Gasteiger partial charge in [0.2, 0.25) is 0 Å². The molecule has 1 unspecified atom stereocenters. The highest BCUT2D eigenvalue weighted by molar-refractivity contribution is 4.74. The number of nitrogens with one attached hydrogen (secondary N) is 2. The average Bonchev–Trinajstić information content (AvgIpc) is 2.72. The van der Waals surface area contributed by atoms with Crippen molar-refractivity contribution in [2.24, 2.45) is 0 Å². The Morgan fingerprint density at radius 2 is 2.29 bits per heavy atom. The minimum atomic E-state index is 0.734. The highest BCUT2D eigenvalue weighted by Gasteiger charge is 2.09. The zero-order valence-corrected chi connectivity index (χ0v) is 10.6. The minimum Gasteiger partial charge on any atom is -0.337 e. The summed E-state index contributed by atoms with van der Waals surface area (Å²) in [5.41, 5.74) is 0. The van der Waals surface area contributed by atoms with E-state index in [0.29, 0.717) is 0 Å². The van der Waals surface area contributed by atoms with Gasteiger partial charge in [0.15, 0.2) is 0 Å². The molecule has 1 aliphatic heterocycles. The van der Waals surface area contributed by atoms with Crippen molar-refractivity contribution in [1.29, 1.82) is 0 Å². The van der Waals surface area contributed by atoms with Crippen molar-refractivity contribution in [3.05, 3.63) is 18.7 Å². The summed E-state index contributed by atoms with van der Waals surface area (Å²) < 4.78 is 2.15. The molecule has 1 aromatic rings. The van der Waals surface area contributed by atoms with Gasteiger partial charge in [-0.3, -0.25) is 0 Å². The van der Waals surface area contributed by atoms with E-state index in [1.807, 2.05) is 18.7 Å². The molecule has 1 atom stereocenters. The third-order valence-corrected chi connectivity index (χ3v) is 3.41. The third-order valence-electron chi connectivity index (χ3n) is 3.41. The van der Waals surface area contributed by atoms with Crippen LogP contribution in [0.25, 0.3) is 0 Å². The average molecular weight is 236 g/mol. The first-order valence-electron chi connectivity index (χ1n) is 6.85. The van der Waals surface area contributed by atoms with E-state index in [-0.39, 0.29) is 0 Å². The Balaban J connectivity index is 1.50. The van der Waals surface area contributed by atoms with Gasteiger partial charge >= 0.3 is 0 Å². The van der Waals surface area contributed by atoms with Gasteiger partial charge in [-0.15, -0.1) is 0 Å². The highest BCUT2D eigenvalue weighted by Crippen LogP contribution is 2.05. The molecule has 4 nitrogen and oxygen atoms in total. The van der Waals surface area contributed by atoms with Gasteiger partial charge in [0.25, 0.3) is 0 Å². The van der Waals surface area contributed by atoms with Crippen molar-refractivity contribution >= 4 is 0 Å². The summed E-state index contributed by atoms with van der Waals surface area (Å²) in [5.74, 6) is 0. The van der Waals surface area contributed by atoms with E-state index in [1.54, 1.807) is 0 Å². The topological polar surface area (TPSA) is 41.9 Å². The van der Waals surface area contributed by atoms with E-state index in [1.165, 1.54) is 45.2 Å². The SMILES string of the molecule is c1cn(CCCCNC2CCCNCC2)cn1. The summed E-state index contributed by atoms with van der Waals surface area (Å²) >= 11 is 0. The zero-order chi connectivity index (χ0) is 11.8. The van der Waals surface area contributed by atoms with Crippen LogP contribution in [0, 0.1) is 0 Å². The minimum absolute atomic E-state index is 0.734. The number of nitrogens with zero attached hydrogens (tertiary/aromatic N) is 2. The molecule has 2 heterocycles. The van der Waals surface area contributed by atoms with Crippen LogP contribution in [0.4, 0.5) is 0 Å². The second-order valence-corrected chi connectivity index (χ2v) is 4.84. The van der Waals surface area contributed by atoms with Crippen LogP contribution in [-0.2, 0) is 6.54 Å². The van der Waals surface area contributed by atoms with Crippen molar-refractivity contribution in [1.82, 2.24) is 20.2 Å². The number of unbranched alkanes of at least 4 members (excludes halogenated alkanes) is 1. The Morgan fingerprint density at radius 1 is 1.29 bits per heavy atom. The molecule has 0 saturated carbocycles. The fourth-order valence-corrected chi connectivity index (χ4v) is 2.37. The lowest BCUT2D eigenvalue weighted by atomic mass is 10.1. The highest BCUT2D eigenvalue weighted by atomic mass is 15.0. The molecule has 0 amide bonds. The van der Waals surface area contributed by atoms with E-state index in [9.17, 15) is 0 Å². The van der Waals surface area contributed by atoms with Gasteiger partial charge in [-0.1, -0.05) is 0 Å². The van der Waals surface area contributed by atoms with Crippen LogP contribution in [0.15, 0.2) is 18.7 Å². The second kappa shape index (κ2) is 7.45. The molecule has 0 aliphatic carbocycles. The molecule has 1 fully saturated rings. The van der Waals surface area contributed by atoms with Crippen LogP contribution in [-0.4, -0.2) is 35.2 Å². The standard InChI is InChI=1S/C13H24N4/c1(2-10-17-11-9-15-12-17)7-16-13-4-3-6-14-8-5-13/h9,11-14,16H,1-8,10H2. The normalized spacial score (nSPS) is 21.3. The number of aryl methyl sites for hydroxylation is 1. The molecule has 0 spiro atoms. The molecular formula is C13H24N4. The maximum absolute atomic E-state index is 4.05. The number of hydrogen-bond donors (Lipinski definition) is 2. The number of imidazole rings is 1. The molecule has 1 aromatic heterocycles. The number of aromatic nitrogens is 2. The Labute approximate surface area is 104 Å². The van der Waals surface area contributed by atoms with Crippen molar-refractivity contribution < 1.29 is 0 Å². The van der Waals surface area contributed by atoms with Crippen molar-refractivity contribution in [3.63, 3.8) is 0 Å². The van der Waals surface area contributed by atoms with Crippen LogP contribution in [0.3, 0.4) is 0 Å². The van der Waals surface area contributed by atoms with Crippen LogP contribution >= 0.6 is 0 Å². The van der Waals surface area contributed by atoms with Crippen LogP contribution in [0.1, 0.15) is 32.1 Å². The molecule has 96 valence electrons. The van der Waals surface area contributed by atoms with E-state index in [4.69, 9.17) is 0 Å². The summed E-state index contributed by atoms with van der Waals surface area (Å²) in [4.78, 5) is 4.05. The lowest BCUT2D eigenvalue weighted by molar-refractivity contribution is 0.453. The first-order chi connectivity index (χ1) is 8.45. The van der Waals surface area contributed by atoms with Crippen LogP contribution in [0.2, 0.25) is 0 Å². The lowest BCUT2D eigenvalue weighted by Crippen LogP contribution is -2.30. The maximum atomic E-state index is 4.05. The number of rotatable bonds is 6. The van der Waals surface area contributed by atoms with Crippen molar-refractivity contribution in [3.8, 4) is 0 Å². The fourth-order valence-electron chi connectivity index (χ4n) is 2.37. The molecule has 0 radical (unpaired) electrons. The molecule has 0 bridgehead atoms. The Hall–Kier alpha value is -0.870. The quantitative estimate of drug-likeness (QED) is 0.734. The molecule has 2 N–H and O–H groups in total. The van der Waals surface area contributed by atoms with E-state index >= 15 is 0 Å². The van der Waals surface area contributed by atoms with Crippen molar-refractivity contribution in [2.75, 3.05) is 19.6 Å². The molecule has 1 saturated heterocycles. The van der Waals surface area contributed by atoms with Gasteiger partial charge in [-0.05, 0) is 51.7 Å². The first-order valence-corrected chi connectivity index (χ1v) is 6.85. The molecule has 2 rings (SSSR count). The predicted octanol–water partition coefficient (Wildman–Crippen LogP) is 1.39. The summed E-state index contributed by atoms with van der Waals surface area (Å²) in [6.45, 7) is 4.61. The Bertz CT molecular complexity index is 276. The van der Waals surface area contributed by atoms with Crippen LogP contribution in [0.5, 0.6) is 0 Å². The van der Waals surface area contributed by atoms with E-state index < -0.39 is 0 Å². The summed E-state index contributed by atoms with van der Waals surface area (Å²) in [6.07, 6.45) is 12.2. The molecule has 0 aromatic carbocycles. The van der Waals surface area contributed by atoms with Crippen LogP contribution < -0.4 is 10.6 Å². The number of hydrogen-bond acceptors (Lipinski definition) is 3. The summed E-state index contributed by atoms with van der Waals surface area (Å²) in [6, 6.07) is 0.734. The molecule has 17 heavy (non-hydrogen) atoms. The van der Waals surface area contributed by atoms with Gasteiger partial charge in [-0.25, -0.2) is 4.98 Å².